The van der Waals surface area contributed by atoms with E-state index in [9.17, 15) is 4.39 Å². The van der Waals surface area contributed by atoms with Crippen LogP contribution >= 0.6 is 0 Å². The summed E-state index contributed by atoms with van der Waals surface area (Å²) in [4.78, 5) is 10.3. The molecule has 2 aromatic rings. The van der Waals surface area contributed by atoms with Crippen LogP contribution in [0.25, 0.3) is 0 Å². The molecule has 0 aliphatic heterocycles. The first-order chi connectivity index (χ1) is 8.69. The summed E-state index contributed by atoms with van der Waals surface area (Å²) in [5.74, 6) is 1.14. The first-order valence-corrected chi connectivity index (χ1v) is 5.65. The standard InChI is InChI=1S/C13H15FN4/c1-15-13-16-7-6-12(17-13)18(2)9-10-4-3-5-11(14)8-10/h3-8H,9H2,1-2H3,(H,15,16,17). The molecule has 5 heteroatoms. The van der Waals surface area contributed by atoms with Crippen LogP contribution in [0.1, 0.15) is 5.56 Å². The number of halogens is 1. The molecule has 18 heavy (non-hydrogen) atoms. The van der Waals surface area contributed by atoms with Crippen LogP contribution < -0.4 is 10.2 Å². The molecule has 0 saturated carbocycles. The van der Waals surface area contributed by atoms with Gasteiger partial charge in [0.1, 0.15) is 11.6 Å². The van der Waals surface area contributed by atoms with Crippen LogP contribution in [0.3, 0.4) is 0 Å². The second-order valence-electron chi connectivity index (χ2n) is 3.97. The van der Waals surface area contributed by atoms with E-state index in [0.29, 0.717) is 12.5 Å². The van der Waals surface area contributed by atoms with Crippen LogP contribution in [0.5, 0.6) is 0 Å². The summed E-state index contributed by atoms with van der Waals surface area (Å²) in [5.41, 5.74) is 0.905. The summed E-state index contributed by atoms with van der Waals surface area (Å²) < 4.78 is 13.1. The largest absolute Gasteiger partial charge is 0.357 e. The van der Waals surface area contributed by atoms with Crippen molar-refractivity contribution in [3.05, 3.63) is 47.9 Å². The Morgan fingerprint density at radius 3 is 2.89 bits per heavy atom. The molecular weight excluding hydrogens is 231 g/mol. The Bertz CT molecular complexity index is 530. The van der Waals surface area contributed by atoms with Crippen molar-refractivity contribution in [1.82, 2.24) is 9.97 Å². The predicted octanol–water partition coefficient (Wildman–Crippen LogP) is 2.29. The maximum Gasteiger partial charge on any atom is 0.224 e. The Balaban J connectivity index is 2.13. The topological polar surface area (TPSA) is 41.1 Å². The van der Waals surface area contributed by atoms with Gasteiger partial charge in [0.05, 0.1) is 0 Å². The Kier molecular flexibility index (Phi) is 3.72. The molecule has 1 heterocycles. The Labute approximate surface area is 105 Å². The molecule has 0 aliphatic rings. The van der Waals surface area contributed by atoms with E-state index in [4.69, 9.17) is 0 Å². The molecular formula is C13H15FN4. The van der Waals surface area contributed by atoms with E-state index in [0.717, 1.165) is 11.4 Å². The first kappa shape index (κ1) is 12.3. The van der Waals surface area contributed by atoms with Crippen LogP contribution in [0, 0.1) is 5.82 Å². The van der Waals surface area contributed by atoms with Gasteiger partial charge in [-0.3, -0.25) is 0 Å². The predicted molar refractivity (Wildman–Crippen MR) is 70.1 cm³/mol. The van der Waals surface area contributed by atoms with E-state index in [-0.39, 0.29) is 5.82 Å². The molecule has 1 aromatic carbocycles. The lowest BCUT2D eigenvalue weighted by Crippen LogP contribution is -2.18. The van der Waals surface area contributed by atoms with Crippen LogP contribution in [0.4, 0.5) is 16.2 Å². The lowest BCUT2D eigenvalue weighted by Gasteiger charge is -2.18. The maximum absolute atomic E-state index is 13.1. The second kappa shape index (κ2) is 5.44. The Hall–Kier alpha value is -2.17. The third-order valence-electron chi connectivity index (χ3n) is 2.56. The summed E-state index contributed by atoms with van der Waals surface area (Å²) in [7, 11) is 3.68. The van der Waals surface area contributed by atoms with Gasteiger partial charge in [0.2, 0.25) is 5.95 Å². The number of nitrogens with zero attached hydrogens (tertiary/aromatic N) is 3. The van der Waals surface area contributed by atoms with E-state index in [2.05, 4.69) is 15.3 Å². The van der Waals surface area contributed by atoms with Crippen molar-refractivity contribution in [2.45, 2.75) is 6.54 Å². The summed E-state index contributed by atoms with van der Waals surface area (Å²) in [6.45, 7) is 0.595. The molecule has 0 radical (unpaired) electrons. The highest BCUT2D eigenvalue weighted by molar-refractivity contribution is 5.42. The molecule has 0 aliphatic carbocycles. The fraction of sp³-hybridized carbons (Fsp3) is 0.231. The lowest BCUT2D eigenvalue weighted by molar-refractivity contribution is 0.625. The van der Waals surface area contributed by atoms with Gasteiger partial charge < -0.3 is 10.2 Å². The highest BCUT2D eigenvalue weighted by Gasteiger charge is 2.05. The van der Waals surface area contributed by atoms with Crippen molar-refractivity contribution in [2.75, 3.05) is 24.3 Å². The Morgan fingerprint density at radius 2 is 2.17 bits per heavy atom. The number of nitrogens with one attached hydrogen (secondary N) is 1. The van der Waals surface area contributed by atoms with Crippen molar-refractivity contribution in [3.8, 4) is 0 Å². The van der Waals surface area contributed by atoms with Crippen LogP contribution in [-0.4, -0.2) is 24.1 Å². The fourth-order valence-corrected chi connectivity index (χ4v) is 1.67. The summed E-state index contributed by atoms with van der Waals surface area (Å²) in [5, 5.41) is 2.89. The summed E-state index contributed by atoms with van der Waals surface area (Å²) in [6.07, 6.45) is 1.69. The lowest BCUT2D eigenvalue weighted by atomic mass is 10.2. The normalized spacial score (nSPS) is 10.2. The number of aromatic nitrogens is 2. The highest BCUT2D eigenvalue weighted by atomic mass is 19.1. The molecule has 1 aromatic heterocycles. The zero-order valence-corrected chi connectivity index (χ0v) is 10.4. The minimum absolute atomic E-state index is 0.223. The SMILES string of the molecule is CNc1nccc(N(C)Cc2cccc(F)c2)n1. The van der Waals surface area contributed by atoms with Crippen molar-refractivity contribution >= 4 is 11.8 Å². The van der Waals surface area contributed by atoms with Gasteiger partial charge in [-0.25, -0.2) is 9.37 Å². The summed E-state index contributed by atoms with van der Waals surface area (Å²) >= 11 is 0. The molecule has 0 bridgehead atoms. The van der Waals surface area contributed by atoms with E-state index in [1.807, 2.05) is 24.1 Å². The van der Waals surface area contributed by atoms with E-state index in [1.165, 1.54) is 12.1 Å². The third-order valence-corrected chi connectivity index (χ3v) is 2.56. The zero-order chi connectivity index (χ0) is 13.0. The van der Waals surface area contributed by atoms with Crippen molar-refractivity contribution in [1.29, 1.82) is 0 Å². The molecule has 2 rings (SSSR count). The second-order valence-corrected chi connectivity index (χ2v) is 3.97. The molecule has 0 saturated heterocycles. The van der Waals surface area contributed by atoms with Crippen LogP contribution in [0.2, 0.25) is 0 Å². The van der Waals surface area contributed by atoms with Gasteiger partial charge in [-0.15, -0.1) is 0 Å². The minimum atomic E-state index is -0.223. The maximum atomic E-state index is 13.1. The van der Waals surface area contributed by atoms with Crippen molar-refractivity contribution < 1.29 is 4.39 Å². The Morgan fingerprint density at radius 1 is 1.33 bits per heavy atom. The quantitative estimate of drug-likeness (QED) is 0.898. The number of hydrogen-bond donors (Lipinski definition) is 1. The van der Waals surface area contributed by atoms with E-state index >= 15 is 0 Å². The van der Waals surface area contributed by atoms with Crippen LogP contribution in [-0.2, 0) is 6.54 Å². The molecule has 0 amide bonds. The average molecular weight is 246 g/mol. The average Bonchev–Trinajstić information content (AvgIpc) is 2.39. The molecule has 0 spiro atoms. The number of benzene rings is 1. The van der Waals surface area contributed by atoms with Gasteiger partial charge in [0.15, 0.2) is 0 Å². The van der Waals surface area contributed by atoms with Crippen molar-refractivity contribution in [2.24, 2.45) is 0 Å². The molecule has 0 fully saturated rings. The van der Waals surface area contributed by atoms with Gasteiger partial charge in [0, 0.05) is 26.8 Å². The smallest absolute Gasteiger partial charge is 0.224 e. The zero-order valence-electron chi connectivity index (χ0n) is 10.4. The van der Waals surface area contributed by atoms with Gasteiger partial charge in [-0.2, -0.15) is 4.98 Å². The van der Waals surface area contributed by atoms with Gasteiger partial charge >= 0.3 is 0 Å². The fourth-order valence-electron chi connectivity index (χ4n) is 1.67. The van der Waals surface area contributed by atoms with Crippen molar-refractivity contribution in [3.63, 3.8) is 0 Å². The van der Waals surface area contributed by atoms with E-state index < -0.39 is 0 Å². The van der Waals surface area contributed by atoms with Crippen LogP contribution in [0.15, 0.2) is 36.5 Å². The summed E-state index contributed by atoms with van der Waals surface area (Å²) in [6, 6.07) is 8.38. The van der Waals surface area contributed by atoms with E-state index in [1.54, 1.807) is 19.3 Å². The van der Waals surface area contributed by atoms with Gasteiger partial charge in [0.25, 0.3) is 0 Å². The molecule has 0 unspecified atom stereocenters. The molecule has 94 valence electrons. The minimum Gasteiger partial charge on any atom is -0.357 e. The first-order valence-electron chi connectivity index (χ1n) is 5.65. The molecule has 4 nitrogen and oxygen atoms in total. The number of anilines is 2. The molecule has 1 N–H and O–H groups in total. The number of hydrogen-bond acceptors (Lipinski definition) is 4. The number of rotatable bonds is 4. The van der Waals surface area contributed by atoms with Gasteiger partial charge in [-0.1, -0.05) is 12.1 Å². The molecule has 0 atom stereocenters. The van der Waals surface area contributed by atoms with Gasteiger partial charge in [-0.05, 0) is 23.8 Å². The highest BCUT2D eigenvalue weighted by Crippen LogP contribution is 2.14. The third kappa shape index (κ3) is 2.94. The monoisotopic (exact) mass is 246 g/mol.